The Morgan fingerprint density at radius 3 is 2.81 bits per heavy atom. The quantitative estimate of drug-likeness (QED) is 0.472. The first-order valence-corrected chi connectivity index (χ1v) is 7.47. The molecule has 0 fully saturated rings. The Morgan fingerprint density at radius 2 is 2.14 bits per heavy atom. The highest BCUT2D eigenvalue weighted by atomic mass is 79.9. The van der Waals surface area contributed by atoms with Crippen molar-refractivity contribution < 1.29 is 14.3 Å². The number of halogens is 1. The Hall–Kier alpha value is -1.95. The number of hydrogen-bond acceptors (Lipinski definition) is 4. The van der Waals surface area contributed by atoms with E-state index in [1.54, 1.807) is 29.1 Å². The van der Waals surface area contributed by atoms with Gasteiger partial charge in [0, 0.05) is 5.69 Å². The number of alkyl halides is 1. The van der Waals surface area contributed by atoms with Gasteiger partial charge in [0.25, 0.3) is 0 Å². The third kappa shape index (κ3) is 3.39. The molecule has 0 amide bonds. The predicted octanol–water partition coefficient (Wildman–Crippen LogP) is 2.60. The molecule has 1 aromatic heterocycles. The van der Waals surface area contributed by atoms with Gasteiger partial charge >= 0.3 is 5.97 Å². The molecule has 0 bridgehead atoms. The first kappa shape index (κ1) is 15.4. The van der Waals surface area contributed by atoms with E-state index in [1.165, 1.54) is 7.11 Å². The molecule has 2 aromatic rings. The molecule has 0 saturated heterocycles. The van der Waals surface area contributed by atoms with E-state index in [-0.39, 0.29) is 17.1 Å². The molecule has 0 unspecified atom stereocenters. The highest BCUT2D eigenvalue weighted by molar-refractivity contribution is 9.09. The average Bonchev–Trinajstić information content (AvgIpc) is 2.87. The standard InChI is InChI=1S/C15H15BrN2O3/c1-10-13(14(19)7-16)8-17-18(10)9-11-4-3-5-12(6-11)15(20)21-2/h3-6,8H,7,9H2,1-2H3. The van der Waals surface area contributed by atoms with Crippen molar-refractivity contribution >= 4 is 27.7 Å². The minimum absolute atomic E-state index is 0.00191. The summed E-state index contributed by atoms with van der Waals surface area (Å²) in [5.41, 5.74) is 2.83. The maximum atomic E-state index is 11.7. The van der Waals surface area contributed by atoms with Crippen molar-refractivity contribution in [2.75, 3.05) is 12.4 Å². The summed E-state index contributed by atoms with van der Waals surface area (Å²) in [6.45, 7) is 2.35. The number of carbonyl (C=O) groups is 2. The molecule has 0 aliphatic rings. The van der Waals surface area contributed by atoms with Gasteiger partial charge in [-0.3, -0.25) is 9.48 Å². The molecule has 0 radical (unpaired) electrons. The second-order valence-corrected chi connectivity index (χ2v) is 5.11. The number of ketones is 1. The predicted molar refractivity (Wildman–Crippen MR) is 82.0 cm³/mol. The molecule has 0 aliphatic heterocycles. The average molecular weight is 351 g/mol. The second-order valence-electron chi connectivity index (χ2n) is 4.55. The summed E-state index contributed by atoms with van der Waals surface area (Å²) >= 11 is 3.16. The zero-order chi connectivity index (χ0) is 15.4. The third-order valence-electron chi connectivity index (χ3n) is 3.21. The highest BCUT2D eigenvalue weighted by Gasteiger charge is 2.13. The van der Waals surface area contributed by atoms with Crippen LogP contribution in [0.15, 0.2) is 30.5 Å². The number of nitrogens with zero attached hydrogens (tertiary/aromatic N) is 2. The summed E-state index contributed by atoms with van der Waals surface area (Å²) < 4.78 is 6.45. The van der Waals surface area contributed by atoms with Gasteiger partial charge in [0.15, 0.2) is 5.78 Å². The minimum atomic E-state index is -0.371. The van der Waals surface area contributed by atoms with Crippen LogP contribution in [0.3, 0.4) is 0 Å². The van der Waals surface area contributed by atoms with Crippen molar-refractivity contribution in [1.82, 2.24) is 9.78 Å². The summed E-state index contributed by atoms with van der Waals surface area (Å²) in [5, 5.41) is 4.51. The van der Waals surface area contributed by atoms with E-state index < -0.39 is 0 Å². The zero-order valence-corrected chi connectivity index (χ0v) is 13.4. The smallest absolute Gasteiger partial charge is 0.337 e. The molecular formula is C15H15BrN2O3. The molecular weight excluding hydrogens is 336 g/mol. The molecule has 0 saturated carbocycles. The molecule has 1 heterocycles. The number of methoxy groups -OCH3 is 1. The SMILES string of the molecule is COC(=O)c1cccc(Cn2ncc(C(=O)CBr)c2C)c1. The van der Waals surface area contributed by atoms with Crippen molar-refractivity contribution in [3.05, 3.63) is 52.8 Å². The summed E-state index contributed by atoms with van der Waals surface area (Å²) in [7, 11) is 1.35. The summed E-state index contributed by atoms with van der Waals surface area (Å²) in [5.74, 6) is -0.369. The molecule has 0 aliphatic carbocycles. The molecule has 21 heavy (non-hydrogen) atoms. The van der Waals surface area contributed by atoms with Crippen LogP contribution in [0.1, 0.15) is 32.0 Å². The Labute approximate surface area is 131 Å². The van der Waals surface area contributed by atoms with Crippen LogP contribution < -0.4 is 0 Å². The molecule has 6 heteroatoms. The van der Waals surface area contributed by atoms with Gasteiger partial charge in [0.2, 0.25) is 0 Å². The van der Waals surface area contributed by atoms with E-state index in [2.05, 4.69) is 21.0 Å². The van der Waals surface area contributed by atoms with Crippen LogP contribution in [0.25, 0.3) is 0 Å². The van der Waals surface area contributed by atoms with Crippen molar-refractivity contribution in [3.8, 4) is 0 Å². The first-order chi connectivity index (χ1) is 10.1. The molecule has 0 atom stereocenters. The molecule has 110 valence electrons. The fourth-order valence-corrected chi connectivity index (χ4v) is 2.34. The Morgan fingerprint density at radius 1 is 1.38 bits per heavy atom. The fraction of sp³-hybridized carbons (Fsp3) is 0.267. The second kappa shape index (κ2) is 6.67. The fourth-order valence-electron chi connectivity index (χ4n) is 2.04. The van der Waals surface area contributed by atoms with E-state index in [9.17, 15) is 9.59 Å². The van der Waals surface area contributed by atoms with Gasteiger partial charge in [0.05, 0.1) is 36.3 Å². The monoisotopic (exact) mass is 350 g/mol. The van der Waals surface area contributed by atoms with Crippen LogP contribution in [0.5, 0.6) is 0 Å². The summed E-state index contributed by atoms with van der Waals surface area (Å²) in [6.07, 6.45) is 1.57. The molecule has 5 nitrogen and oxygen atoms in total. The first-order valence-electron chi connectivity index (χ1n) is 6.35. The van der Waals surface area contributed by atoms with E-state index in [1.807, 2.05) is 13.0 Å². The van der Waals surface area contributed by atoms with Gasteiger partial charge in [-0.25, -0.2) is 4.79 Å². The van der Waals surface area contributed by atoms with Crippen LogP contribution in [-0.2, 0) is 11.3 Å². The van der Waals surface area contributed by atoms with Gasteiger partial charge in [-0.05, 0) is 24.6 Å². The van der Waals surface area contributed by atoms with Crippen LogP contribution in [0.4, 0.5) is 0 Å². The summed E-state index contributed by atoms with van der Waals surface area (Å²) in [6, 6.07) is 7.16. The third-order valence-corrected chi connectivity index (χ3v) is 3.71. The lowest BCUT2D eigenvalue weighted by Crippen LogP contribution is -2.08. The Bertz CT molecular complexity index is 679. The maximum absolute atomic E-state index is 11.7. The van der Waals surface area contributed by atoms with E-state index in [0.717, 1.165) is 11.3 Å². The zero-order valence-electron chi connectivity index (χ0n) is 11.8. The highest BCUT2D eigenvalue weighted by Crippen LogP contribution is 2.13. The number of Topliss-reactive ketones (excluding diaryl/α,β-unsaturated/α-hetero) is 1. The molecule has 0 N–H and O–H groups in total. The molecule has 0 spiro atoms. The van der Waals surface area contributed by atoms with Gasteiger partial charge < -0.3 is 4.74 Å². The van der Waals surface area contributed by atoms with Crippen molar-refractivity contribution in [1.29, 1.82) is 0 Å². The van der Waals surface area contributed by atoms with E-state index in [4.69, 9.17) is 4.74 Å². The number of aromatic nitrogens is 2. The van der Waals surface area contributed by atoms with Crippen molar-refractivity contribution in [2.45, 2.75) is 13.5 Å². The number of rotatable bonds is 5. The lowest BCUT2D eigenvalue weighted by molar-refractivity contribution is 0.0600. The Kier molecular flexibility index (Phi) is 4.90. The summed E-state index contributed by atoms with van der Waals surface area (Å²) in [4.78, 5) is 23.2. The van der Waals surface area contributed by atoms with Gasteiger partial charge in [-0.15, -0.1) is 0 Å². The lowest BCUT2D eigenvalue weighted by atomic mass is 10.1. The van der Waals surface area contributed by atoms with Gasteiger partial charge in [-0.1, -0.05) is 28.1 Å². The molecule has 2 rings (SSSR count). The minimum Gasteiger partial charge on any atom is -0.465 e. The van der Waals surface area contributed by atoms with Gasteiger partial charge in [-0.2, -0.15) is 5.10 Å². The number of esters is 1. The number of ether oxygens (including phenoxy) is 1. The van der Waals surface area contributed by atoms with E-state index in [0.29, 0.717) is 17.7 Å². The topological polar surface area (TPSA) is 61.2 Å². The number of hydrogen-bond donors (Lipinski definition) is 0. The van der Waals surface area contributed by atoms with Crippen LogP contribution >= 0.6 is 15.9 Å². The van der Waals surface area contributed by atoms with Crippen LogP contribution in [0.2, 0.25) is 0 Å². The van der Waals surface area contributed by atoms with Gasteiger partial charge in [0.1, 0.15) is 0 Å². The number of carbonyl (C=O) groups excluding carboxylic acids is 2. The largest absolute Gasteiger partial charge is 0.465 e. The normalized spacial score (nSPS) is 10.4. The van der Waals surface area contributed by atoms with Crippen LogP contribution in [-0.4, -0.2) is 34.0 Å². The molecule has 1 aromatic carbocycles. The number of benzene rings is 1. The Balaban J connectivity index is 2.25. The van der Waals surface area contributed by atoms with Crippen molar-refractivity contribution in [3.63, 3.8) is 0 Å². The van der Waals surface area contributed by atoms with Crippen molar-refractivity contribution in [2.24, 2.45) is 0 Å². The maximum Gasteiger partial charge on any atom is 0.337 e. The van der Waals surface area contributed by atoms with Crippen LogP contribution in [0, 0.1) is 6.92 Å². The lowest BCUT2D eigenvalue weighted by Gasteiger charge is -2.07. The van der Waals surface area contributed by atoms with E-state index >= 15 is 0 Å².